The van der Waals surface area contributed by atoms with Gasteiger partial charge >= 0.3 is 0 Å². The molecule has 140 valence electrons. The predicted molar refractivity (Wildman–Crippen MR) is 104 cm³/mol. The molecule has 26 heavy (non-hydrogen) atoms. The normalized spacial score (nSPS) is 17.6. The Morgan fingerprint density at radius 2 is 2.04 bits per heavy atom. The van der Waals surface area contributed by atoms with Crippen LogP contribution in [0.4, 0.5) is 0 Å². The second kappa shape index (κ2) is 8.49. The molecule has 1 saturated heterocycles. The van der Waals surface area contributed by atoms with Crippen molar-refractivity contribution < 1.29 is 4.79 Å². The number of carbonyl (C=O) groups is 1. The molecule has 0 unspecified atom stereocenters. The molecule has 0 aliphatic carbocycles. The van der Waals surface area contributed by atoms with Crippen LogP contribution >= 0.6 is 0 Å². The molecule has 3 rings (SSSR count). The molecule has 1 fully saturated rings. The van der Waals surface area contributed by atoms with Crippen LogP contribution in [0.15, 0.2) is 30.3 Å². The minimum Gasteiger partial charge on any atom is -0.353 e. The van der Waals surface area contributed by atoms with Gasteiger partial charge in [-0.2, -0.15) is 5.10 Å². The Hall–Kier alpha value is -2.14. The summed E-state index contributed by atoms with van der Waals surface area (Å²) in [6.07, 6.45) is 3.03. The monoisotopic (exact) mass is 354 g/mol. The molecule has 1 N–H and O–H groups in total. The lowest BCUT2D eigenvalue weighted by atomic mass is 10.1. The molecule has 5 heteroatoms. The standard InChI is InChI=1S/C21H30N4O/c1-4-19-16(2)23-25(17(19)3)14-12-22-21(26)20-11-8-13-24(20)15-18-9-6-5-7-10-18/h5-7,9-10,20H,4,8,11-15H2,1-3H3,(H,22,26)/t20-/m0/s1. The number of hydrogen-bond donors (Lipinski definition) is 1. The van der Waals surface area contributed by atoms with E-state index in [4.69, 9.17) is 0 Å². The van der Waals surface area contributed by atoms with Crippen LogP contribution in [0.1, 0.15) is 42.3 Å². The fraction of sp³-hybridized carbons (Fsp3) is 0.524. The number of hydrogen-bond acceptors (Lipinski definition) is 3. The van der Waals surface area contributed by atoms with Crippen molar-refractivity contribution >= 4 is 5.91 Å². The van der Waals surface area contributed by atoms with E-state index in [0.717, 1.165) is 44.6 Å². The summed E-state index contributed by atoms with van der Waals surface area (Å²) in [5.41, 5.74) is 4.90. The summed E-state index contributed by atoms with van der Waals surface area (Å²) in [5, 5.41) is 7.72. The Morgan fingerprint density at radius 1 is 1.27 bits per heavy atom. The number of benzene rings is 1. The number of nitrogens with zero attached hydrogens (tertiary/aromatic N) is 3. The Morgan fingerprint density at radius 3 is 2.73 bits per heavy atom. The molecule has 1 aliphatic heterocycles. The molecule has 5 nitrogen and oxygen atoms in total. The smallest absolute Gasteiger partial charge is 0.237 e. The van der Waals surface area contributed by atoms with Gasteiger partial charge in [-0.25, -0.2) is 0 Å². The van der Waals surface area contributed by atoms with Gasteiger partial charge in [0.2, 0.25) is 5.91 Å². The molecule has 0 spiro atoms. The predicted octanol–water partition coefficient (Wildman–Crippen LogP) is 2.84. The fourth-order valence-corrected chi connectivity index (χ4v) is 4.00. The molecular weight excluding hydrogens is 324 g/mol. The highest BCUT2D eigenvalue weighted by Crippen LogP contribution is 2.20. The molecular formula is C21H30N4O. The zero-order chi connectivity index (χ0) is 18.5. The third-order valence-corrected chi connectivity index (χ3v) is 5.40. The lowest BCUT2D eigenvalue weighted by Gasteiger charge is -2.23. The number of aromatic nitrogens is 2. The van der Waals surface area contributed by atoms with Gasteiger partial charge in [0, 0.05) is 18.8 Å². The van der Waals surface area contributed by atoms with E-state index in [1.165, 1.54) is 16.8 Å². The minimum atomic E-state index is -0.0122. The van der Waals surface area contributed by atoms with Crippen LogP contribution in [-0.4, -0.2) is 39.7 Å². The molecule has 1 amide bonds. The van der Waals surface area contributed by atoms with Crippen molar-refractivity contribution in [2.45, 2.75) is 59.2 Å². The van der Waals surface area contributed by atoms with E-state index in [-0.39, 0.29) is 11.9 Å². The molecule has 0 bridgehead atoms. The fourth-order valence-electron chi connectivity index (χ4n) is 4.00. The van der Waals surface area contributed by atoms with E-state index in [1.807, 2.05) is 10.7 Å². The summed E-state index contributed by atoms with van der Waals surface area (Å²) in [4.78, 5) is 15.0. The first-order valence-electron chi connectivity index (χ1n) is 9.68. The van der Waals surface area contributed by atoms with Crippen LogP contribution in [0.3, 0.4) is 0 Å². The number of aryl methyl sites for hydroxylation is 1. The van der Waals surface area contributed by atoms with Gasteiger partial charge in [-0.3, -0.25) is 14.4 Å². The summed E-state index contributed by atoms with van der Waals surface area (Å²) in [6.45, 7) is 9.51. The molecule has 1 aliphatic rings. The first kappa shape index (κ1) is 18.6. The summed E-state index contributed by atoms with van der Waals surface area (Å²) in [7, 11) is 0. The minimum absolute atomic E-state index is 0.0122. The van der Waals surface area contributed by atoms with Gasteiger partial charge in [-0.15, -0.1) is 0 Å². The molecule has 0 saturated carbocycles. The van der Waals surface area contributed by atoms with E-state index in [2.05, 4.69) is 60.4 Å². The Bertz CT molecular complexity index is 738. The van der Waals surface area contributed by atoms with E-state index in [9.17, 15) is 4.79 Å². The van der Waals surface area contributed by atoms with Gasteiger partial charge in [0.25, 0.3) is 0 Å². The van der Waals surface area contributed by atoms with Crippen molar-refractivity contribution in [2.24, 2.45) is 0 Å². The van der Waals surface area contributed by atoms with Crippen LogP contribution in [0, 0.1) is 13.8 Å². The Kier molecular flexibility index (Phi) is 6.09. The van der Waals surface area contributed by atoms with Crippen molar-refractivity contribution in [1.29, 1.82) is 0 Å². The second-order valence-electron chi connectivity index (χ2n) is 7.13. The number of rotatable bonds is 7. The molecule has 2 aromatic rings. The van der Waals surface area contributed by atoms with Crippen LogP contribution in [0.5, 0.6) is 0 Å². The highest BCUT2D eigenvalue weighted by atomic mass is 16.2. The maximum atomic E-state index is 12.7. The third-order valence-electron chi connectivity index (χ3n) is 5.40. The number of nitrogens with one attached hydrogen (secondary N) is 1. The van der Waals surface area contributed by atoms with Crippen molar-refractivity contribution in [3.8, 4) is 0 Å². The highest BCUT2D eigenvalue weighted by molar-refractivity contribution is 5.82. The highest BCUT2D eigenvalue weighted by Gasteiger charge is 2.30. The topological polar surface area (TPSA) is 50.2 Å². The number of amides is 1. The summed E-state index contributed by atoms with van der Waals surface area (Å²) in [6, 6.07) is 10.4. The largest absolute Gasteiger partial charge is 0.353 e. The van der Waals surface area contributed by atoms with Crippen LogP contribution < -0.4 is 5.32 Å². The van der Waals surface area contributed by atoms with E-state index in [1.54, 1.807) is 0 Å². The van der Waals surface area contributed by atoms with Gasteiger partial charge in [0.1, 0.15) is 0 Å². The van der Waals surface area contributed by atoms with Crippen LogP contribution in [-0.2, 0) is 24.3 Å². The third kappa shape index (κ3) is 4.15. The molecule has 0 radical (unpaired) electrons. The van der Waals surface area contributed by atoms with E-state index >= 15 is 0 Å². The zero-order valence-electron chi connectivity index (χ0n) is 16.2. The van der Waals surface area contributed by atoms with Crippen molar-refractivity contribution in [2.75, 3.05) is 13.1 Å². The Labute approximate surface area is 156 Å². The first-order chi connectivity index (χ1) is 12.6. The van der Waals surface area contributed by atoms with Crippen molar-refractivity contribution in [3.63, 3.8) is 0 Å². The molecule has 1 aromatic carbocycles. The van der Waals surface area contributed by atoms with Crippen LogP contribution in [0.25, 0.3) is 0 Å². The average Bonchev–Trinajstić information content (AvgIpc) is 3.20. The lowest BCUT2D eigenvalue weighted by molar-refractivity contribution is -0.125. The second-order valence-corrected chi connectivity index (χ2v) is 7.13. The molecule has 2 heterocycles. The van der Waals surface area contributed by atoms with Gasteiger partial charge in [0.05, 0.1) is 18.3 Å². The van der Waals surface area contributed by atoms with E-state index in [0.29, 0.717) is 6.54 Å². The van der Waals surface area contributed by atoms with Crippen molar-refractivity contribution in [1.82, 2.24) is 20.0 Å². The van der Waals surface area contributed by atoms with Gasteiger partial charge in [-0.05, 0) is 50.8 Å². The van der Waals surface area contributed by atoms with Gasteiger partial charge in [0.15, 0.2) is 0 Å². The average molecular weight is 354 g/mol. The Balaban J connectivity index is 1.53. The van der Waals surface area contributed by atoms with Gasteiger partial charge < -0.3 is 5.32 Å². The number of carbonyl (C=O) groups excluding carboxylic acids is 1. The number of likely N-dealkylation sites (tertiary alicyclic amines) is 1. The van der Waals surface area contributed by atoms with Crippen LogP contribution in [0.2, 0.25) is 0 Å². The summed E-state index contributed by atoms with van der Waals surface area (Å²) >= 11 is 0. The zero-order valence-corrected chi connectivity index (χ0v) is 16.2. The van der Waals surface area contributed by atoms with E-state index < -0.39 is 0 Å². The lowest BCUT2D eigenvalue weighted by Crippen LogP contribution is -2.43. The summed E-state index contributed by atoms with van der Waals surface area (Å²) < 4.78 is 2.02. The maximum absolute atomic E-state index is 12.7. The summed E-state index contributed by atoms with van der Waals surface area (Å²) in [5.74, 6) is 0.149. The molecule has 1 aromatic heterocycles. The maximum Gasteiger partial charge on any atom is 0.237 e. The van der Waals surface area contributed by atoms with Gasteiger partial charge in [-0.1, -0.05) is 37.3 Å². The van der Waals surface area contributed by atoms with Crippen molar-refractivity contribution in [3.05, 3.63) is 52.8 Å². The first-order valence-corrected chi connectivity index (χ1v) is 9.68. The SMILES string of the molecule is CCc1c(C)nn(CCNC(=O)[C@@H]2CCCN2Cc2ccccc2)c1C. The molecule has 1 atom stereocenters. The quantitative estimate of drug-likeness (QED) is 0.832.